The van der Waals surface area contributed by atoms with Gasteiger partial charge in [0.1, 0.15) is 17.1 Å². The smallest absolute Gasteiger partial charge is 0.343 e. The first-order valence-electron chi connectivity index (χ1n) is 10.6. The number of phenols is 1. The third-order valence-corrected chi connectivity index (χ3v) is 5.61. The number of aromatic hydroxyl groups is 2. The summed E-state index contributed by atoms with van der Waals surface area (Å²) in [6, 6.07) is 3.45. The Morgan fingerprint density at radius 2 is 1.45 bits per heavy atom. The monoisotopic (exact) mass is 459 g/mol. The SMILES string of the molecule is COC(=O)C[C@@H](c1cc(C(C)(C)C)c(O)c(C(C)(C)C)c1)c1c(O)c(C(=O)OC)c[nH]c1=O. The fourth-order valence-corrected chi connectivity index (χ4v) is 3.76. The van der Waals surface area contributed by atoms with Gasteiger partial charge >= 0.3 is 11.9 Å². The van der Waals surface area contributed by atoms with Crippen LogP contribution >= 0.6 is 0 Å². The van der Waals surface area contributed by atoms with Crippen LogP contribution in [0.5, 0.6) is 11.5 Å². The topological polar surface area (TPSA) is 126 Å². The highest BCUT2D eigenvalue weighted by molar-refractivity contribution is 5.92. The number of ether oxygens (including phenoxy) is 2. The molecule has 8 heteroatoms. The molecule has 0 saturated heterocycles. The van der Waals surface area contributed by atoms with Gasteiger partial charge in [0.15, 0.2) is 0 Å². The highest BCUT2D eigenvalue weighted by Crippen LogP contribution is 2.43. The first kappa shape index (κ1) is 26.0. The summed E-state index contributed by atoms with van der Waals surface area (Å²) in [6.07, 6.45) is 0.801. The van der Waals surface area contributed by atoms with Crippen LogP contribution in [-0.4, -0.2) is 41.4 Å². The summed E-state index contributed by atoms with van der Waals surface area (Å²) >= 11 is 0. The molecule has 1 atom stereocenters. The van der Waals surface area contributed by atoms with E-state index in [9.17, 15) is 24.6 Å². The highest BCUT2D eigenvalue weighted by Gasteiger charge is 2.32. The molecule has 0 unspecified atom stereocenters. The number of aromatic nitrogens is 1. The van der Waals surface area contributed by atoms with Gasteiger partial charge in [0.25, 0.3) is 5.56 Å². The molecule has 0 aliphatic heterocycles. The molecule has 180 valence electrons. The van der Waals surface area contributed by atoms with Gasteiger partial charge in [-0.2, -0.15) is 0 Å². The Balaban J connectivity index is 2.95. The second kappa shape index (κ2) is 9.29. The normalized spacial score (nSPS) is 12.8. The molecule has 33 heavy (non-hydrogen) atoms. The van der Waals surface area contributed by atoms with Gasteiger partial charge in [-0.15, -0.1) is 0 Å². The largest absolute Gasteiger partial charge is 0.507 e. The van der Waals surface area contributed by atoms with Gasteiger partial charge in [-0.05, 0) is 27.5 Å². The average molecular weight is 460 g/mol. The minimum atomic E-state index is -0.950. The fraction of sp³-hybridized carbons (Fsp3) is 0.480. The zero-order chi connectivity index (χ0) is 25.3. The molecule has 1 heterocycles. The second-order valence-corrected chi connectivity index (χ2v) is 10.1. The number of carbonyl (C=O) groups excluding carboxylic acids is 2. The predicted molar refractivity (Wildman–Crippen MR) is 124 cm³/mol. The molecule has 0 amide bonds. The lowest BCUT2D eigenvalue weighted by molar-refractivity contribution is -0.140. The van der Waals surface area contributed by atoms with Crippen LogP contribution in [0, 0.1) is 0 Å². The van der Waals surface area contributed by atoms with Gasteiger partial charge in [-0.1, -0.05) is 53.7 Å². The molecular formula is C25H33NO7. The van der Waals surface area contributed by atoms with Crippen molar-refractivity contribution in [2.45, 2.75) is 64.7 Å². The van der Waals surface area contributed by atoms with Crippen molar-refractivity contribution in [1.82, 2.24) is 4.98 Å². The van der Waals surface area contributed by atoms with Gasteiger partial charge < -0.3 is 24.7 Å². The molecule has 0 aliphatic carbocycles. The van der Waals surface area contributed by atoms with E-state index in [1.54, 1.807) is 12.1 Å². The van der Waals surface area contributed by atoms with E-state index in [1.807, 2.05) is 41.5 Å². The maximum atomic E-state index is 12.8. The molecule has 0 saturated carbocycles. The number of carbonyl (C=O) groups is 2. The number of nitrogens with one attached hydrogen (secondary N) is 1. The maximum absolute atomic E-state index is 12.8. The van der Waals surface area contributed by atoms with Gasteiger partial charge in [0.05, 0.1) is 26.2 Å². The summed E-state index contributed by atoms with van der Waals surface area (Å²) in [4.78, 5) is 39.8. The predicted octanol–water partition coefficient (Wildman–Crippen LogP) is 3.86. The number of pyridine rings is 1. The minimum Gasteiger partial charge on any atom is -0.507 e. The molecule has 1 aromatic heterocycles. The molecule has 1 aromatic carbocycles. The Morgan fingerprint density at radius 1 is 0.939 bits per heavy atom. The Bertz CT molecular complexity index is 1080. The molecule has 0 radical (unpaired) electrons. The first-order chi connectivity index (χ1) is 15.1. The molecule has 0 bridgehead atoms. The van der Waals surface area contributed by atoms with Crippen molar-refractivity contribution in [3.63, 3.8) is 0 Å². The van der Waals surface area contributed by atoms with Gasteiger partial charge in [0.2, 0.25) is 0 Å². The lowest BCUT2D eigenvalue weighted by Gasteiger charge is -2.30. The highest BCUT2D eigenvalue weighted by atomic mass is 16.5. The van der Waals surface area contributed by atoms with Crippen LogP contribution < -0.4 is 5.56 Å². The van der Waals surface area contributed by atoms with Crippen molar-refractivity contribution in [2.75, 3.05) is 14.2 Å². The standard InChI is InChI=1S/C25H33NO7/c1-24(2,3)16-9-13(10-17(21(16)29)25(4,5)6)14(11-18(27)32-7)19-20(28)15(23(31)33-8)12-26-22(19)30/h9-10,12,14,29H,11H2,1-8H3,(H2,26,28,30)/t14-/m0/s1. The Labute approximate surface area is 193 Å². The zero-order valence-corrected chi connectivity index (χ0v) is 20.5. The molecule has 2 rings (SSSR count). The van der Waals surface area contributed by atoms with E-state index in [1.165, 1.54) is 7.11 Å². The number of esters is 2. The molecule has 2 aromatic rings. The molecule has 0 aliphatic rings. The molecule has 8 nitrogen and oxygen atoms in total. The lowest BCUT2D eigenvalue weighted by atomic mass is 9.75. The average Bonchev–Trinajstić information content (AvgIpc) is 2.70. The number of hydrogen-bond acceptors (Lipinski definition) is 7. The van der Waals surface area contributed by atoms with Crippen molar-refractivity contribution in [3.8, 4) is 11.5 Å². The molecule has 0 fully saturated rings. The van der Waals surface area contributed by atoms with E-state index < -0.39 is 40.0 Å². The number of H-pyrrole nitrogens is 1. The maximum Gasteiger partial charge on any atom is 0.343 e. The number of hydrogen-bond donors (Lipinski definition) is 3. The number of aromatic amines is 1. The van der Waals surface area contributed by atoms with Gasteiger partial charge in [-0.25, -0.2) is 4.79 Å². The third kappa shape index (κ3) is 5.38. The van der Waals surface area contributed by atoms with E-state index in [0.29, 0.717) is 16.7 Å². The number of methoxy groups -OCH3 is 2. The second-order valence-electron chi connectivity index (χ2n) is 10.1. The van der Waals surface area contributed by atoms with Crippen molar-refractivity contribution in [2.24, 2.45) is 0 Å². The summed E-state index contributed by atoms with van der Waals surface area (Å²) in [7, 11) is 2.38. The van der Waals surface area contributed by atoms with Crippen LogP contribution in [0.15, 0.2) is 23.1 Å². The van der Waals surface area contributed by atoms with Crippen LogP contribution in [-0.2, 0) is 25.1 Å². The van der Waals surface area contributed by atoms with Crippen LogP contribution in [0.2, 0.25) is 0 Å². The summed E-state index contributed by atoms with van der Waals surface area (Å²) in [6.45, 7) is 11.6. The van der Waals surface area contributed by atoms with Crippen LogP contribution in [0.1, 0.15) is 86.5 Å². The summed E-state index contributed by atoms with van der Waals surface area (Å²) in [5.74, 6) is -2.82. The minimum absolute atomic E-state index is 0.136. The zero-order valence-electron chi connectivity index (χ0n) is 20.5. The van der Waals surface area contributed by atoms with Crippen LogP contribution in [0.3, 0.4) is 0 Å². The lowest BCUT2D eigenvalue weighted by Crippen LogP contribution is -2.24. The van der Waals surface area contributed by atoms with Gasteiger partial charge in [-0.3, -0.25) is 9.59 Å². The van der Waals surface area contributed by atoms with Crippen molar-refractivity contribution < 1.29 is 29.3 Å². The Kier molecular flexibility index (Phi) is 7.31. The van der Waals surface area contributed by atoms with Crippen molar-refractivity contribution >= 4 is 11.9 Å². The summed E-state index contributed by atoms with van der Waals surface area (Å²) in [5, 5.41) is 21.9. The van der Waals surface area contributed by atoms with Crippen LogP contribution in [0.25, 0.3) is 0 Å². The number of benzene rings is 1. The van der Waals surface area contributed by atoms with Gasteiger partial charge in [0, 0.05) is 12.1 Å². The molecule has 0 spiro atoms. The Morgan fingerprint density at radius 3 is 1.88 bits per heavy atom. The first-order valence-corrected chi connectivity index (χ1v) is 10.6. The third-order valence-electron chi connectivity index (χ3n) is 5.61. The Hall–Kier alpha value is -3.29. The van der Waals surface area contributed by atoms with E-state index in [-0.39, 0.29) is 23.3 Å². The van der Waals surface area contributed by atoms with E-state index in [2.05, 4.69) is 4.98 Å². The quantitative estimate of drug-likeness (QED) is 0.580. The van der Waals surface area contributed by atoms with Crippen molar-refractivity contribution in [1.29, 1.82) is 0 Å². The fourth-order valence-electron chi connectivity index (χ4n) is 3.76. The molecular weight excluding hydrogens is 426 g/mol. The summed E-state index contributed by atoms with van der Waals surface area (Å²) in [5.41, 5.74) is -0.190. The number of phenolic OH excluding ortho intramolecular Hbond substituents is 1. The molecule has 3 N–H and O–H groups in total. The van der Waals surface area contributed by atoms with E-state index in [0.717, 1.165) is 13.3 Å². The van der Waals surface area contributed by atoms with Crippen LogP contribution in [0.4, 0.5) is 0 Å². The summed E-state index contributed by atoms with van der Waals surface area (Å²) < 4.78 is 9.54. The van der Waals surface area contributed by atoms with E-state index >= 15 is 0 Å². The number of rotatable bonds is 5. The van der Waals surface area contributed by atoms with Crippen molar-refractivity contribution in [3.05, 3.63) is 56.5 Å². The van der Waals surface area contributed by atoms with E-state index in [4.69, 9.17) is 9.47 Å².